The van der Waals surface area contributed by atoms with Crippen LogP contribution in [-0.4, -0.2) is 0 Å². The van der Waals surface area contributed by atoms with E-state index in [1.165, 1.54) is 11.1 Å². The largest absolute Gasteiger partial charge is 0.0836 e. The molecule has 0 amide bonds. The van der Waals surface area contributed by atoms with Gasteiger partial charge in [0.2, 0.25) is 0 Å². The minimum Gasteiger partial charge on any atom is -0.0836 e. The molecule has 0 radical (unpaired) electrons. The van der Waals surface area contributed by atoms with Crippen LogP contribution in [0.25, 0.3) is 109 Å². The second kappa shape index (κ2) is 13.9. The van der Waals surface area contributed by atoms with Crippen LogP contribution in [0, 0.1) is 0 Å². The molecule has 58 heavy (non-hydrogen) atoms. The van der Waals surface area contributed by atoms with Crippen LogP contribution in [0.1, 0.15) is 0 Å². The van der Waals surface area contributed by atoms with Gasteiger partial charge in [-0.15, -0.1) is 0 Å². The summed E-state index contributed by atoms with van der Waals surface area (Å²) in [6, 6.07) is 63.4. The molecule has 0 atom stereocenters. The summed E-state index contributed by atoms with van der Waals surface area (Å²) in [5, 5.41) is 14.6. The fraction of sp³-hybridized carbons (Fsp3) is 0. The quantitative estimate of drug-likeness (QED) is 0.123. The topological polar surface area (TPSA) is 0 Å². The third kappa shape index (κ3) is 5.30. The molecule has 0 saturated heterocycles. The summed E-state index contributed by atoms with van der Waals surface area (Å²) in [6.45, 7) is 0. The molecule has 4 heteroatoms. The molecule has 0 aromatic heterocycles. The number of fused-ring (bicyclic) bond motifs is 7. The molecule has 0 heterocycles. The van der Waals surface area contributed by atoms with Gasteiger partial charge in [0.25, 0.3) is 0 Å². The lowest BCUT2D eigenvalue weighted by atomic mass is 9.84. The Morgan fingerprint density at radius 2 is 0.621 bits per heavy atom. The van der Waals surface area contributed by atoms with Crippen LogP contribution in [0.4, 0.5) is 0 Å². The van der Waals surface area contributed by atoms with Gasteiger partial charge in [0.15, 0.2) is 0 Å². The van der Waals surface area contributed by atoms with Gasteiger partial charge in [-0.25, -0.2) is 0 Å². The van der Waals surface area contributed by atoms with Crippen molar-refractivity contribution in [3.8, 4) is 44.5 Å². The normalized spacial score (nSPS) is 11.8. The van der Waals surface area contributed by atoms with Gasteiger partial charge >= 0.3 is 0 Å². The molecule has 11 aromatic rings. The molecule has 11 aromatic carbocycles. The first-order valence-electron chi connectivity index (χ1n) is 19.2. The standard InChI is InChI=1S/C54H30Cl4/c55-45-30-44(49-37-23-11-7-19-33(37)47(31-15-3-1-4-16-31)34-20-8-12-24-38(34)49)53(57)42-28-27-41-43(50(42)45)29-46(56)52(54(41)58)51-39-25-13-9-21-35(39)48(32-17-5-2-6-18-32)36-22-10-14-26-40(36)51/h1-30H. The second-order valence-corrected chi connectivity index (χ2v) is 16.3. The van der Waals surface area contributed by atoms with E-state index in [0.717, 1.165) is 98.0 Å². The van der Waals surface area contributed by atoms with Crippen LogP contribution in [0.3, 0.4) is 0 Å². The number of rotatable bonds is 4. The van der Waals surface area contributed by atoms with Crippen LogP contribution >= 0.6 is 46.4 Å². The van der Waals surface area contributed by atoms with Gasteiger partial charge < -0.3 is 0 Å². The van der Waals surface area contributed by atoms with Crippen LogP contribution < -0.4 is 0 Å². The SMILES string of the molecule is Clc1cc2c(ccc3c(Cl)c(-c4c5ccccc5c(-c5ccccc5)c5ccccc45)cc(Cl)c32)c(Cl)c1-c1c2ccccc2c(-c2ccccc2)c2ccccc12. The van der Waals surface area contributed by atoms with Gasteiger partial charge in [-0.1, -0.05) is 216 Å². The average Bonchev–Trinajstić information content (AvgIpc) is 3.27. The summed E-state index contributed by atoms with van der Waals surface area (Å²) < 4.78 is 0. The Labute approximate surface area is 355 Å². The highest BCUT2D eigenvalue weighted by molar-refractivity contribution is 6.49. The van der Waals surface area contributed by atoms with Crippen molar-refractivity contribution in [2.75, 3.05) is 0 Å². The van der Waals surface area contributed by atoms with Crippen molar-refractivity contribution >= 4 is 111 Å². The zero-order valence-electron chi connectivity index (χ0n) is 30.8. The van der Waals surface area contributed by atoms with Gasteiger partial charge in [-0.3, -0.25) is 0 Å². The minimum atomic E-state index is 0.539. The lowest BCUT2D eigenvalue weighted by molar-refractivity contribution is 1.66. The first-order valence-corrected chi connectivity index (χ1v) is 20.7. The maximum atomic E-state index is 7.59. The molecule has 0 fully saturated rings. The van der Waals surface area contributed by atoms with Crippen molar-refractivity contribution in [1.29, 1.82) is 0 Å². The van der Waals surface area contributed by atoms with Gasteiger partial charge in [0.05, 0.1) is 15.1 Å². The van der Waals surface area contributed by atoms with Gasteiger partial charge in [-0.05, 0) is 88.4 Å². The van der Waals surface area contributed by atoms with Crippen molar-refractivity contribution in [1.82, 2.24) is 0 Å². The number of hydrogen-bond acceptors (Lipinski definition) is 0. The van der Waals surface area contributed by atoms with E-state index in [4.69, 9.17) is 46.4 Å². The number of halogens is 4. The smallest absolute Gasteiger partial charge is 0.0578 e. The molecule has 0 unspecified atom stereocenters. The predicted octanol–water partition coefficient (Wildman–Crippen LogP) is 17.9. The first kappa shape index (κ1) is 35.3. The van der Waals surface area contributed by atoms with Crippen molar-refractivity contribution in [3.05, 3.63) is 202 Å². The monoisotopic (exact) mass is 818 g/mol. The van der Waals surface area contributed by atoms with Crippen LogP contribution in [0.15, 0.2) is 182 Å². The van der Waals surface area contributed by atoms with Gasteiger partial charge in [0.1, 0.15) is 0 Å². The highest BCUT2D eigenvalue weighted by atomic mass is 35.5. The Balaban J connectivity index is 1.17. The summed E-state index contributed by atoms with van der Waals surface area (Å²) in [5.74, 6) is 0. The first-order chi connectivity index (χ1) is 28.5. The fourth-order valence-electron chi connectivity index (χ4n) is 9.31. The molecule has 0 aliphatic heterocycles. The lowest BCUT2D eigenvalue weighted by Gasteiger charge is -2.21. The second-order valence-electron chi connectivity index (χ2n) is 14.8. The van der Waals surface area contributed by atoms with Crippen molar-refractivity contribution in [3.63, 3.8) is 0 Å². The molecule has 0 aliphatic carbocycles. The average molecular weight is 821 g/mol. The molecule has 0 bridgehead atoms. The summed E-state index contributed by atoms with van der Waals surface area (Å²) in [4.78, 5) is 0. The lowest BCUT2D eigenvalue weighted by Crippen LogP contribution is -1.94. The molecule has 0 N–H and O–H groups in total. The Bertz CT molecular complexity index is 3370. The predicted molar refractivity (Wildman–Crippen MR) is 253 cm³/mol. The van der Waals surface area contributed by atoms with Gasteiger partial charge in [0, 0.05) is 37.9 Å². The highest BCUT2D eigenvalue weighted by Gasteiger charge is 2.25. The van der Waals surface area contributed by atoms with Crippen molar-refractivity contribution < 1.29 is 0 Å². The van der Waals surface area contributed by atoms with Crippen LogP contribution in [0.2, 0.25) is 20.1 Å². The van der Waals surface area contributed by atoms with E-state index in [9.17, 15) is 0 Å². The van der Waals surface area contributed by atoms with E-state index in [-0.39, 0.29) is 0 Å². The maximum Gasteiger partial charge on any atom is 0.0578 e. The molecular formula is C54H30Cl4. The highest BCUT2D eigenvalue weighted by Crippen LogP contribution is 2.52. The summed E-state index contributed by atoms with van der Waals surface area (Å²) in [5.41, 5.74) is 8.40. The number of benzene rings is 11. The summed E-state index contributed by atoms with van der Waals surface area (Å²) >= 11 is 30.1. The summed E-state index contributed by atoms with van der Waals surface area (Å²) in [6.07, 6.45) is 0. The van der Waals surface area contributed by atoms with Crippen molar-refractivity contribution in [2.24, 2.45) is 0 Å². The zero-order valence-corrected chi connectivity index (χ0v) is 33.9. The zero-order chi connectivity index (χ0) is 39.1. The molecule has 11 rings (SSSR count). The molecule has 0 saturated carbocycles. The maximum absolute atomic E-state index is 7.59. The van der Waals surface area contributed by atoms with E-state index >= 15 is 0 Å². The van der Waals surface area contributed by atoms with Crippen LogP contribution in [0.5, 0.6) is 0 Å². The molecule has 274 valence electrons. The molecule has 0 nitrogen and oxygen atoms in total. The third-order valence-corrected chi connectivity index (χ3v) is 13.1. The molecule has 0 aliphatic rings. The van der Waals surface area contributed by atoms with Crippen LogP contribution in [-0.2, 0) is 0 Å². The minimum absolute atomic E-state index is 0.539. The van der Waals surface area contributed by atoms with E-state index in [2.05, 4.69) is 164 Å². The Kier molecular flexibility index (Phi) is 8.47. The summed E-state index contributed by atoms with van der Waals surface area (Å²) in [7, 11) is 0. The Hall–Kier alpha value is -5.86. The van der Waals surface area contributed by atoms with Crippen molar-refractivity contribution in [2.45, 2.75) is 0 Å². The molecular weight excluding hydrogens is 790 g/mol. The van der Waals surface area contributed by atoms with E-state index in [1.807, 2.05) is 18.2 Å². The Morgan fingerprint density at radius 1 is 0.241 bits per heavy atom. The van der Waals surface area contributed by atoms with Gasteiger partial charge in [-0.2, -0.15) is 0 Å². The Morgan fingerprint density at radius 3 is 1.07 bits per heavy atom. The number of hydrogen-bond donors (Lipinski definition) is 0. The van der Waals surface area contributed by atoms with E-state index in [0.29, 0.717) is 20.1 Å². The van der Waals surface area contributed by atoms with E-state index < -0.39 is 0 Å². The molecule has 0 spiro atoms. The third-order valence-electron chi connectivity index (χ3n) is 11.7. The van der Waals surface area contributed by atoms with E-state index in [1.54, 1.807) is 0 Å². The fourth-order valence-corrected chi connectivity index (χ4v) is 10.6.